The highest BCUT2D eigenvalue weighted by atomic mass is 35.6. The lowest BCUT2D eigenvalue weighted by Gasteiger charge is -2.49. The number of hydrogen-bond donors (Lipinski definition) is 0. The smallest absolute Gasteiger partial charge is 0.213 e. The van der Waals surface area contributed by atoms with Gasteiger partial charge < -0.3 is 4.74 Å². The van der Waals surface area contributed by atoms with E-state index in [-0.39, 0.29) is 6.61 Å². The maximum Gasteiger partial charge on any atom is 0.213 e. The highest BCUT2D eigenvalue weighted by Crippen LogP contribution is 2.45. The number of carbonyl (C=O) groups excluding carboxylic acids is 1. The van der Waals surface area contributed by atoms with Gasteiger partial charge in [0.1, 0.15) is 5.94 Å². The summed E-state index contributed by atoms with van der Waals surface area (Å²) in [6.07, 6.45) is 3.15. The Morgan fingerprint density at radius 3 is 1.70 bits per heavy atom. The predicted octanol–water partition coefficient (Wildman–Crippen LogP) is 8.62. The summed E-state index contributed by atoms with van der Waals surface area (Å²) in [5, 5.41) is 1.17. The maximum absolute atomic E-state index is 12.6. The predicted molar refractivity (Wildman–Crippen MR) is 145 cm³/mol. The number of rotatable bonds is 15. The number of hydrogen-bond acceptors (Lipinski definition) is 2. The molecule has 0 aliphatic heterocycles. The molecule has 1 unspecified atom stereocenters. The summed E-state index contributed by atoms with van der Waals surface area (Å²) in [7, 11) is -5.05. The molecule has 0 bridgehead atoms. The molecule has 8 heteroatoms. The van der Waals surface area contributed by atoms with Crippen LogP contribution in [0.25, 0.3) is 0 Å². The normalized spacial score (nSPS) is 14.5. The first-order valence-corrected chi connectivity index (χ1v) is 22.5. The minimum Gasteiger partial charge on any atom is -0.377 e. The second-order valence-corrected chi connectivity index (χ2v) is 32.5. The second-order valence-electron chi connectivity index (χ2n) is 9.90. The van der Waals surface area contributed by atoms with Crippen molar-refractivity contribution >= 4 is 64.0 Å². The lowest BCUT2D eigenvalue weighted by Crippen LogP contribution is -2.63. The molecule has 0 radical (unpaired) electrons. The lowest BCUT2D eigenvalue weighted by atomic mass is 10.3. The molecule has 0 rings (SSSR count). The van der Waals surface area contributed by atoms with Crippen molar-refractivity contribution in [3.8, 4) is 0 Å². The zero-order valence-corrected chi connectivity index (χ0v) is 25.9. The van der Waals surface area contributed by atoms with E-state index < -0.39 is 27.0 Å². The topological polar surface area (TPSA) is 26.3 Å². The van der Waals surface area contributed by atoms with E-state index in [0.29, 0.717) is 12.1 Å². The number of allylic oxidation sites excluding steroid dienone is 1. The standard InChI is InChI=1S/C22H45Cl3O2Si3/c1-9-14-30(15-10-2,29(11-3,12-4)13-5)20(17-26)16-21(28(6,7)8)18-27-19-22(23,24)25/h21H,9-16,18-19H2,1-8H3. The Labute approximate surface area is 204 Å². The van der Waals surface area contributed by atoms with E-state index in [2.05, 4.69) is 60.2 Å². The third-order valence-electron chi connectivity index (χ3n) is 7.36. The Hall–Kier alpha value is 0.931. The minimum absolute atomic E-state index is 0.0862. The van der Waals surface area contributed by atoms with Crippen molar-refractivity contribution in [3.05, 3.63) is 5.20 Å². The summed E-state index contributed by atoms with van der Waals surface area (Å²) in [5.74, 6) is 2.58. The van der Waals surface area contributed by atoms with Crippen molar-refractivity contribution in [3.63, 3.8) is 0 Å². The van der Waals surface area contributed by atoms with Gasteiger partial charge in [0.05, 0.1) is 29.9 Å². The van der Waals surface area contributed by atoms with E-state index >= 15 is 0 Å². The van der Waals surface area contributed by atoms with Crippen LogP contribution in [-0.2, 0) is 9.53 Å². The summed E-state index contributed by atoms with van der Waals surface area (Å²) >= 11 is 17.7. The Balaban J connectivity index is 6.19. The van der Waals surface area contributed by atoms with E-state index in [1.165, 1.54) is 35.4 Å². The number of alkyl halides is 3. The summed E-state index contributed by atoms with van der Waals surface area (Å²) in [4.78, 5) is 12.6. The van der Waals surface area contributed by atoms with Crippen molar-refractivity contribution in [2.45, 2.75) is 113 Å². The van der Waals surface area contributed by atoms with Gasteiger partial charge in [0.2, 0.25) is 3.79 Å². The van der Waals surface area contributed by atoms with Gasteiger partial charge in [-0.25, -0.2) is 4.79 Å². The molecule has 0 aromatic heterocycles. The highest BCUT2D eigenvalue weighted by Gasteiger charge is 2.53. The molecule has 0 aliphatic rings. The molecule has 178 valence electrons. The first-order chi connectivity index (χ1) is 13.8. The zero-order chi connectivity index (χ0) is 23.6. The Morgan fingerprint density at radius 1 is 0.933 bits per heavy atom. The van der Waals surface area contributed by atoms with Crippen LogP contribution in [0.1, 0.15) is 53.9 Å². The average molecular weight is 532 g/mol. The van der Waals surface area contributed by atoms with Gasteiger partial charge in [-0.3, -0.25) is 0 Å². The molecule has 1 atom stereocenters. The molecular formula is C22H45Cl3O2Si3. The molecular weight excluding hydrogens is 487 g/mol. The molecule has 0 N–H and O–H groups in total. The van der Waals surface area contributed by atoms with Gasteiger partial charge >= 0.3 is 0 Å². The Bertz CT molecular complexity index is 535. The zero-order valence-electron chi connectivity index (χ0n) is 20.6. The second kappa shape index (κ2) is 13.6. The van der Waals surface area contributed by atoms with Crippen molar-refractivity contribution in [2.75, 3.05) is 13.2 Å². The molecule has 2 nitrogen and oxygen atoms in total. The van der Waals surface area contributed by atoms with Crippen LogP contribution in [0.3, 0.4) is 0 Å². The Kier molecular flexibility index (Phi) is 14.0. The van der Waals surface area contributed by atoms with Gasteiger partial charge in [-0.15, -0.1) is 0 Å². The van der Waals surface area contributed by atoms with E-state index in [1.807, 2.05) is 0 Å². The van der Waals surface area contributed by atoms with Crippen molar-refractivity contribution in [2.24, 2.45) is 0 Å². The monoisotopic (exact) mass is 530 g/mol. The van der Waals surface area contributed by atoms with E-state index in [4.69, 9.17) is 39.5 Å². The van der Waals surface area contributed by atoms with E-state index in [0.717, 1.165) is 19.3 Å². The van der Waals surface area contributed by atoms with Gasteiger partial charge in [0.15, 0.2) is 0 Å². The Morgan fingerprint density at radius 2 is 1.40 bits per heavy atom. The fourth-order valence-electron chi connectivity index (χ4n) is 5.41. The molecule has 0 amide bonds. The van der Waals surface area contributed by atoms with E-state index in [1.54, 1.807) is 0 Å². The van der Waals surface area contributed by atoms with Crippen molar-refractivity contribution < 1.29 is 9.53 Å². The van der Waals surface area contributed by atoms with Crippen LogP contribution in [0.2, 0.25) is 55.4 Å². The van der Waals surface area contributed by atoms with Crippen LogP contribution in [0.5, 0.6) is 0 Å². The molecule has 0 spiro atoms. The fraction of sp³-hybridized carbons (Fsp3) is 0.909. The largest absolute Gasteiger partial charge is 0.377 e. The van der Waals surface area contributed by atoms with Gasteiger partial charge in [0.25, 0.3) is 0 Å². The van der Waals surface area contributed by atoms with Gasteiger partial charge in [-0.1, -0.05) is 132 Å². The van der Waals surface area contributed by atoms with Crippen LogP contribution in [0.15, 0.2) is 5.20 Å². The van der Waals surface area contributed by atoms with Crippen LogP contribution in [0.4, 0.5) is 0 Å². The molecule has 0 fully saturated rings. The van der Waals surface area contributed by atoms with Gasteiger partial charge in [-0.05, 0) is 17.2 Å². The van der Waals surface area contributed by atoms with Gasteiger partial charge in [0, 0.05) is 6.61 Å². The van der Waals surface area contributed by atoms with Gasteiger partial charge in [-0.2, -0.15) is 0 Å². The van der Waals surface area contributed by atoms with Crippen LogP contribution >= 0.6 is 34.8 Å². The summed E-state index contributed by atoms with van der Waals surface area (Å²) in [6.45, 7) is 19.4. The molecule has 0 saturated heterocycles. The maximum atomic E-state index is 12.6. The highest BCUT2D eigenvalue weighted by molar-refractivity contribution is 7.45. The summed E-state index contributed by atoms with van der Waals surface area (Å²) in [6, 6.07) is 6.30. The van der Waals surface area contributed by atoms with Crippen LogP contribution < -0.4 is 0 Å². The molecule has 0 heterocycles. The average Bonchev–Trinajstić information content (AvgIpc) is 2.64. The minimum atomic E-state index is -1.90. The van der Waals surface area contributed by atoms with E-state index in [9.17, 15) is 4.79 Å². The fourth-order valence-corrected chi connectivity index (χ4v) is 29.1. The number of ether oxygens (including phenoxy) is 1. The SMILES string of the molecule is CCC[Si](CCC)(C(=C=O)CC(COCC(Cl)(Cl)Cl)[Si](C)(C)C)[Si](CC)(CC)CC. The third-order valence-corrected chi connectivity index (χ3v) is 32.4. The van der Waals surface area contributed by atoms with Crippen LogP contribution in [-0.4, -0.2) is 46.2 Å². The molecule has 30 heavy (non-hydrogen) atoms. The van der Waals surface area contributed by atoms with Crippen molar-refractivity contribution in [1.29, 1.82) is 0 Å². The van der Waals surface area contributed by atoms with Crippen molar-refractivity contribution in [1.82, 2.24) is 0 Å². The summed E-state index contributed by atoms with van der Waals surface area (Å²) in [5.41, 5.74) is 0.333. The third kappa shape index (κ3) is 8.37. The molecule has 0 aliphatic carbocycles. The summed E-state index contributed by atoms with van der Waals surface area (Å²) < 4.78 is 4.45. The quantitative estimate of drug-likeness (QED) is 0.120. The molecule has 0 aromatic rings. The molecule has 0 aromatic carbocycles. The first kappa shape index (κ1) is 30.9. The molecule has 0 saturated carbocycles. The lowest BCUT2D eigenvalue weighted by molar-refractivity contribution is 0.136. The first-order valence-electron chi connectivity index (χ1n) is 11.7. The number of halogens is 3. The van der Waals surface area contributed by atoms with Crippen LogP contribution in [0, 0.1) is 0 Å².